The minimum atomic E-state index is 1.02. The number of nitrogens with zero attached hydrogens (tertiary/aromatic N) is 2. The predicted octanol–water partition coefficient (Wildman–Crippen LogP) is 1.99. The van der Waals surface area contributed by atoms with Gasteiger partial charge in [-0.3, -0.25) is 0 Å². The third-order valence-electron chi connectivity index (χ3n) is 2.70. The molecular formula is C11H11N3. The van der Waals surface area contributed by atoms with Gasteiger partial charge in [0.05, 0.1) is 5.52 Å². The van der Waals surface area contributed by atoms with Gasteiger partial charge in [0.25, 0.3) is 0 Å². The molecule has 0 saturated carbocycles. The number of rotatable bonds is 0. The lowest BCUT2D eigenvalue weighted by molar-refractivity contribution is 0.833. The van der Waals surface area contributed by atoms with Crippen LogP contribution in [0.2, 0.25) is 0 Å². The van der Waals surface area contributed by atoms with Crippen molar-refractivity contribution in [2.45, 2.75) is 12.8 Å². The molecule has 1 aromatic carbocycles. The van der Waals surface area contributed by atoms with E-state index in [1.54, 1.807) is 6.33 Å². The summed E-state index contributed by atoms with van der Waals surface area (Å²) in [6.07, 6.45) is 5.86. The zero-order valence-corrected chi connectivity index (χ0v) is 7.83. The first-order valence-corrected chi connectivity index (χ1v) is 4.90. The Hall–Kier alpha value is -1.64. The summed E-state index contributed by atoms with van der Waals surface area (Å²) < 4.78 is 0. The van der Waals surface area contributed by atoms with Gasteiger partial charge in [0.2, 0.25) is 0 Å². The van der Waals surface area contributed by atoms with Crippen molar-refractivity contribution in [2.75, 3.05) is 11.9 Å². The Bertz CT molecular complexity index is 479. The molecule has 1 N–H and O–H groups in total. The molecule has 0 amide bonds. The van der Waals surface area contributed by atoms with E-state index in [4.69, 9.17) is 0 Å². The average Bonchev–Trinajstić information content (AvgIpc) is 2.29. The lowest BCUT2D eigenvalue weighted by atomic mass is 10.0. The highest BCUT2D eigenvalue weighted by Gasteiger charge is 2.11. The number of fused-ring (bicyclic) bond motifs is 3. The lowest BCUT2D eigenvalue weighted by Crippen LogP contribution is -2.12. The van der Waals surface area contributed by atoms with Crippen molar-refractivity contribution in [3.63, 3.8) is 0 Å². The number of aromatic nitrogens is 2. The van der Waals surface area contributed by atoms with Crippen LogP contribution in [0.4, 0.5) is 5.69 Å². The molecule has 2 heterocycles. The number of benzene rings is 1. The summed E-state index contributed by atoms with van der Waals surface area (Å²) in [7, 11) is 0. The summed E-state index contributed by atoms with van der Waals surface area (Å²) >= 11 is 0. The van der Waals surface area contributed by atoms with E-state index in [2.05, 4.69) is 27.4 Å². The van der Waals surface area contributed by atoms with Crippen molar-refractivity contribution in [1.29, 1.82) is 0 Å². The predicted molar refractivity (Wildman–Crippen MR) is 56.3 cm³/mol. The van der Waals surface area contributed by atoms with Gasteiger partial charge in [-0.25, -0.2) is 9.97 Å². The van der Waals surface area contributed by atoms with Gasteiger partial charge >= 0.3 is 0 Å². The van der Waals surface area contributed by atoms with E-state index in [-0.39, 0.29) is 0 Å². The molecule has 3 nitrogen and oxygen atoms in total. The third-order valence-corrected chi connectivity index (χ3v) is 2.70. The van der Waals surface area contributed by atoms with Crippen molar-refractivity contribution in [2.24, 2.45) is 0 Å². The fourth-order valence-electron chi connectivity index (χ4n) is 2.01. The number of hydrogen-bond donors (Lipinski definition) is 1. The van der Waals surface area contributed by atoms with Gasteiger partial charge < -0.3 is 5.32 Å². The highest BCUT2D eigenvalue weighted by molar-refractivity contribution is 5.92. The van der Waals surface area contributed by atoms with Crippen LogP contribution in [-0.4, -0.2) is 16.5 Å². The molecule has 1 aromatic heterocycles. The molecule has 0 spiro atoms. The molecule has 0 fully saturated rings. The number of hydrogen-bond acceptors (Lipinski definition) is 3. The number of anilines is 1. The molecule has 0 saturated heterocycles. The maximum absolute atomic E-state index is 4.24. The van der Waals surface area contributed by atoms with Crippen LogP contribution in [0, 0.1) is 0 Å². The van der Waals surface area contributed by atoms with Gasteiger partial charge in [0, 0.05) is 23.8 Å². The Morgan fingerprint density at radius 3 is 3.29 bits per heavy atom. The van der Waals surface area contributed by atoms with E-state index in [1.807, 2.05) is 6.20 Å². The van der Waals surface area contributed by atoms with Crippen molar-refractivity contribution >= 4 is 16.6 Å². The molecule has 14 heavy (non-hydrogen) atoms. The first-order chi connectivity index (χ1) is 6.95. The summed E-state index contributed by atoms with van der Waals surface area (Å²) in [5.74, 6) is 0. The van der Waals surface area contributed by atoms with E-state index in [9.17, 15) is 0 Å². The molecule has 70 valence electrons. The fourth-order valence-corrected chi connectivity index (χ4v) is 2.01. The van der Waals surface area contributed by atoms with Crippen molar-refractivity contribution in [3.8, 4) is 0 Å². The second kappa shape index (κ2) is 2.94. The van der Waals surface area contributed by atoms with Gasteiger partial charge in [-0.05, 0) is 24.5 Å². The smallest absolute Gasteiger partial charge is 0.116 e. The summed E-state index contributed by atoms with van der Waals surface area (Å²) in [6, 6.07) is 4.24. The molecule has 3 heteroatoms. The van der Waals surface area contributed by atoms with Crippen molar-refractivity contribution < 1.29 is 0 Å². The van der Waals surface area contributed by atoms with E-state index < -0.39 is 0 Å². The fraction of sp³-hybridized carbons (Fsp3) is 0.273. The molecule has 3 rings (SSSR count). The van der Waals surface area contributed by atoms with Gasteiger partial charge in [0.15, 0.2) is 0 Å². The molecule has 1 aliphatic heterocycles. The summed E-state index contributed by atoms with van der Waals surface area (Å²) in [6.45, 7) is 1.06. The van der Waals surface area contributed by atoms with Crippen molar-refractivity contribution in [1.82, 2.24) is 9.97 Å². The van der Waals surface area contributed by atoms with E-state index in [0.717, 1.165) is 23.9 Å². The third kappa shape index (κ3) is 1.05. The van der Waals surface area contributed by atoms with Crippen LogP contribution in [0.1, 0.15) is 12.0 Å². The largest absolute Gasteiger partial charge is 0.384 e. The van der Waals surface area contributed by atoms with Crippen LogP contribution < -0.4 is 5.32 Å². The van der Waals surface area contributed by atoms with E-state index in [0.29, 0.717) is 0 Å². The topological polar surface area (TPSA) is 37.8 Å². The molecule has 0 unspecified atom stereocenters. The Morgan fingerprint density at radius 2 is 2.29 bits per heavy atom. The maximum atomic E-state index is 4.24. The number of nitrogens with one attached hydrogen (secondary N) is 1. The van der Waals surface area contributed by atoms with Crippen LogP contribution in [0.15, 0.2) is 24.7 Å². The zero-order valence-electron chi connectivity index (χ0n) is 7.83. The van der Waals surface area contributed by atoms with Gasteiger partial charge in [-0.15, -0.1) is 0 Å². The van der Waals surface area contributed by atoms with Crippen LogP contribution >= 0.6 is 0 Å². The minimum Gasteiger partial charge on any atom is -0.384 e. The second-order valence-corrected chi connectivity index (χ2v) is 3.59. The van der Waals surface area contributed by atoms with E-state index in [1.165, 1.54) is 17.7 Å². The summed E-state index contributed by atoms with van der Waals surface area (Å²) in [5.41, 5.74) is 3.64. The molecule has 2 aromatic rings. The number of aryl methyl sites for hydroxylation is 1. The highest BCUT2D eigenvalue weighted by Crippen LogP contribution is 2.29. The summed E-state index contributed by atoms with van der Waals surface area (Å²) in [4.78, 5) is 8.31. The van der Waals surface area contributed by atoms with Crippen LogP contribution in [-0.2, 0) is 6.42 Å². The van der Waals surface area contributed by atoms with Crippen molar-refractivity contribution in [3.05, 3.63) is 30.2 Å². The molecule has 0 radical (unpaired) electrons. The van der Waals surface area contributed by atoms with Gasteiger partial charge in [-0.1, -0.05) is 6.07 Å². The van der Waals surface area contributed by atoms with E-state index >= 15 is 0 Å². The standard InChI is InChI=1S/C11H11N3/c1-2-8-3-4-10-9(6-12-7-14-10)11(8)13-5-1/h3-4,6-7,13H,1-2,5H2. The molecule has 0 aliphatic carbocycles. The normalized spacial score (nSPS) is 14.9. The molecule has 1 aliphatic rings. The SMILES string of the molecule is c1ncc2c3c(ccc2n1)CCCN3. The second-order valence-electron chi connectivity index (χ2n) is 3.59. The monoisotopic (exact) mass is 185 g/mol. The Labute approximate surface area is 82.2 Å². The Balaban J connectivity index is 2.34. The van der Waals surface area contributed by atoms with Gasteiger partial charge in [-0.2, -0.15) is 0 Å². The molecule has 0 bridgehead atoms. The highest BCUT2D eigenvalue weighted by atomic mass is 14.9. The molecular weight excluding hydrogens is 174 g/mol. The van der Waals surface area contributed by atoms with Crippen LogP contribution in [0.25, 0.3) is 10.9 Å². The molecule has 0 atom stereocenters. The van der Waals surface area contributed by atoms with Crippen LogP contribution in [0.5, 0.6) is 0 Å². The average molecular weight is 185 g/mol. The Morgan fingerprint density at radius 1 is 1.29 bits per heavy atom. The first kappa shape index (κ1) is 7.74. The van der Waals surface area contributed by atoms with Crippen LogP contribution in [0.3, 0.4) is 0 Å². The Kier molecular flexibility index (Phi) is 1.63. The quantitative estimate of drug-likeness (QED) is 0.682. The zero-order chi connectivity index (χ0) is 9.38. The minimum absolute atomic E-state index is 1.02. The first-order valence-electron chi connectivity index (χ1n) is 4.90. The summed E-state index contributed by atoms with van der Waals surface area (Å²) in [5, 5.41) is 4.57. The lowest BCUT2D eigenvalue weighted by Gasteiger charge is -2.19. The maximum Gasteiger partial charge on any atom is 0.116 e. The van der Waals surface area contributed by atoms with Gasteiger partial charge in [0.1, 0.15) is 6.33 Å².